The summed E-state index contributed by atoms with van der Waals surface area (Å²) >= 11 is 0. The number of methoxy groups -OCH3 is 1. The lowest BCUT2D eigenvalue weighted by molar-refractivity contribution is -0.142. The number of benzene rings is 1. The molecule has 0 radical (unpaired) electrons. The highest BCUT2D eigenvalue weighted by molar-refractivity contribution is 7.88. The minimum atomic E-state index is -3.19. The standard InChI is InChI=1S/C19H27FN2O4S/c1-25-17-6-3-14(18(20)9-17)12-21-7-8-26-19(13-21)10-15-4-5-16(11-19)22(15)27(2,23)24/h3,6,9,15-16H,4-5,7-8,10-13H2,1-2H3/t15-,16+,19?. The summed E-state index contributed by atoms with van der Waals surface area (Å²) in [6, 6.07) is 5.01. The molecule has 6 nitrogen and oxygen atoms in total. The molecule has 3 fully saturated rings. The highest BCUT2D eigenvalue weighted by Gasteiger charge is 2.53. The second-order valence-corrected chi connectivity index (χ2v) is 9.97. The molecule has 0 aromatic heterocycles. The lowest BCUT2D eigenvalue weighted by Gasteiger charge is -2.49. The lowest BCUT2D eigenvalue weighted by Crippen LogP contribution is -2.60. The van der Waals surface area contributed by atoms with E-state index in [-0.39, 0.29) is 23.5 Å². The third-order valence-electron chi connectivity index (χ3n) is 6.13. The van der Waals surface area contributed by atoms with E-state index in [4.69, 9.17) is 9.47 Å². The summed E-state index contributed by atoms with van der Waals surface area (Å²) in [6.45, 7) is 2.57. The Balaban J connectivity index is 1.48. The van der Waals surface area contributed by atoms with E-state index in [0.717, 1.165) is 32.2 Å². The van der Waals surface area contributed by atoms with Crippen LogP contribution in [0, 0.1) is 5.82 Å². The van der Waals surface area contributed by atoms with E-state index in [1.54, 1.807) is 16.4 Å². The second-order valence-electron chi connectivity index (χ2n) is 8.09. The quantitative estimate of drug-likeness (QED) is 0.776. The van der Waals surface area contributed by atoms with Crippen molar-refractivity contribution in [1.82, 2.24) is 9.21 Å². The molecule has 150 valence electrons. The van der Waals surface area contributed by atoms with Crippen LogP contribution < -0.4 is 4.74 Å². The summed E-state index contributed by atoms with van der Waals surface area (Å²) in [4.78, 5) is 2.23. The van der Waals surface area contributed by atoms with Crippen molar-refractivity contribution in [3.05, 3.63) is 29.6 Å². The van der Waals surface area contributed by atoms with E-state index < -0.39 is 10.0 Å². The van der Waals surface area contributed by atoms with Gasteiger partial charge in [-0.1, -0.05) is 6.07 Å². The van der Waals surface area contributed by atoms with Gasteiger partial charge in [-0.15, -0.1) is 0 Å². The van der Waals surface area contributed by atoms with Gasteiger partial charge >= 0.3 is 0 Å². The fraction of sp³-hybridized carbons (Fsp3) is 0.684. The molecular weight excluding hydrogens is 371 g/mol. The molecule has 3 saturated heterocycles. The first-order valence-electron chi connectivity index (χ1n) is 9.47. The molecule has 3 heterocycles. The molecule has 2 bridgehead atoms. The number of halogens is 1. The first-order valence-corrected chi connectivity index (χ1v) is 11.3. The Labute approximate surface area is 160 Å². The average molecular weight is 399 g/mol. The fourth-order valence-electron chi connectivity index (χ4n) is 5.13. The van der Waals surface area contributed by atoms with Gasteiger partial charge in [0.05, 0.1) is 25.6 Å². The molecule has 4 rings (SSSR count). The Bertz CT molecular complexity index is 802. The van der Waals surface area contributed by atoms with Gasteiger partial charge < -0.3 is 9.47 Å². The number of ether oxygens (including phenoxy) is 2. The van der Waals surface area contributed by atoms with Crippen LogP contribution >= 0.6 is 0 Å². The van der Waals surface area contributed by atoms with Crippen molar-refractivity contribution in [2.45, 2.75) is 49.9 Å². The van der Waals surface area contributed by atoms with E-state index in [9.17, 15) is 12.8 Å². The molecule has 0 N–H and O–H groups in total. The van der Waals surface area contributed by atoms with E-state index in [1.807, 2.05) is 0 Å². The van der Waals surface area contributed by atoms with Crippen LogP contribution in [0.4, 0.5) is 4.39 Å². The molecule has 1 aromatic carbocycles. The number of sulfonamides is 1. The van der Waals surface area contributed by atoms with Crippen molar-refractivity contribution >= 4 is 10.0 Å². The van der Waals surface area contributed by atoms with Gasteiger partial charge in [0.25, 0.3) is 0 Å². The molecule has 27 heavy (non-hydrogen) atoms. The monoisotopic (exact) mass is 398 g/mol. The van der Waals surface area contributed by atoms with Crippen LogP contribution in [0.1, 0.15) is 31.2 Å². The van der Waals surface area contributed by atoms with Gasteiger partial charge in [-0.2, -0.15) is 4.31 Å². The second kappa shape index (κ2) is 6.99. The predicted octanol–water partition coefficient (Wildman–Crippen LogP) is 1.99. The van der Waals surface area contributed by atoms with Crippen LogP contribution in [0.5, 0.6) is 5.75 Å². The molecule has 1 unspecified atom stereocenters. The van der Waals surface area contributed by atoms with Crippen LogP contribution in [0.25, 0.3) is 0 Å². The number of rotatable bonds is 4. The van der Waals surface area contributed by atoms with Gasteiger partial charge in [-0.25, -0.2) is 12.8 Å². The molecule has 3 atom stereocenters. The van der Waals surface area contributed by atoms with E-state index in [0.29, 0.717) is 31.0 Å². The first kappa shape index (κ1) is 19.1. The fourth-order valence-corrected chi connectivity index (χ4v) is 6.58. The van der Waals surface area contributed by atoms with Gasteiger partial charge in [0.1, 0.15) is 11.6 Å². The van der Waals surface area contributed by atoms with Crippen molar-refractivity contribution in [2.75, 3.05) is 33.1 Å². The Morgan fingerprint density at radius 2 is 2.00 bits per heavy atom. The van der Waals surface area contributed by atoms with Crippen LogP contribution in [0.2, 0.25) is 0 Å². The minimum absolute atomic E-state index is 0.0245. The number of piperidine rings is 1. The SMILES string of the molecule is COc1ccc(CN2CCOC3(C[C@H]4CC[C@@H](C3)N4S(C)(=O)=O)C2)c(F)c1. The number of nitrogens with zero attached hydrogens (tertiary/aromatic N) is 2. The minimum Gasteiger partial charge on any atom is -0.497 e. The zero-order valence-corrected chi connectivity index (χ0v) is 16.7. The number of hydrogen-bond acceptors (Lipinski definition) is 5. The largest absolute Gasteiger partial charge is 0.497 e. The molecule has 3 aliphatic heterocycles. The van der Waals surface area contributed by atoms with E-state index in [1.165, 1.54) is 19.4 Å². The highest BCUT2D eigenvalue weighted by atomic mass is 32.2. The smallest absolute Gasteiger partial charge is 0.211 e. The molecule has 0 saturated carbocycles. The predicted molar refractivity (Wildman–Crippen MR) is 99.6 cm³/mol. The molecule has 0 amide bonds. The van der Waals surface area contributed by atoms with Crippen LogP contribution in [-0.2, 0) is 21.3 Å². The van der Waals surface area contributed by atoms with Gasteiger partial charge in [-0.3, -0.25) is 4.90 Å². The van der Waals surface area contributed by atoms with Crippen LogP contribution in [-0.4, -0.2) is 68.4 Å². The first-order chi connectivity index (χ1) is 12.8. The van der Waals surface area contributed by atoms with Gasteiger partial charge in [-0.05, 0) is 31.7 Å². The normalized spacial score (nSPS) is 32.1. The Hall–Kier alpha value is -1.22. The third-order valence-corrected chi connectivity index (χ3v) is 7.50. The maximum absolute atomic E-state index is 14.3. The van der Waals surface area contributed by atoms with E-state index in [2.05, 4.69) is 4.90 Å². The zero-order valence-electron chi connectivity index (χ0n) is 15.9. The van der Waals surface area contributed by atoms with Gasteiger partial charge in [0, 0.05) is 43.3 Å². The van der Waals surface area contributed by atoms with Crippen molar-refractivity contribution in [3.8, 4) is 5.75 Å². The Kier molecular flexibility index (Phi) is 4.95. The van der Waals surface area contributed by atoms with Crippen LogP contribution in [0.3, 0.4) is 0 Å². The Morgan fingerprint density at radius 3 is 2.59 bits per heavy atom. The van der Waals surface area contributed by atoms with Gasteiger partial charge in [0.2, 0.25) is 10.0 Å². The molecule has 1 aromatic rings. The third kappa shape index (κ3) is 3.72. The number of morpholine rings is 1. The maximum atomic E-state index is 14.3. The van der Waals surface area contributed by atoms with Crippen molar-refractivity contribution < 1.29 is 22.3 Å². The van der Waals surface area contributed by atoms with Crippen molar-refractivity contribution in [1.29, 1.82) is 0 Å². The molecule has 1 spiro atoms. The number of fused-ring (bicyclic) bond motifs is 2. The van der Waals surface area contributed by atoms with Crippen molar-refractivity contribution in [3.63, 3.8) is 0 Å². The highest BCUT2D eigenvalue weighted by Crippen LogP contribution is 2.45. The maximum Gasteiger partial charge on any atom is 0.211 e. The summed E-state index contributed by atoms with van der Waals surface area (Å²) in [7, 11) is -1.66. The van der Waals surface area contributed by atoms with Gasteiger partial charge in [0.15, 0.2) is 0 Å². The topological polar surface area (TPSA) is 59.1 Å². The lowest BCUT2D eigenvalue weighted by atomic mass is 9.85. The molecular formula is C19H27FN2O4S. The molecule has 0 aliphatic carbocycles. The summed E-state index contributed by atoms with van der Waals surface area (Å²) in [5.74, 6) is 0.251. The zero-order chi connectivity index (χ0) is 19.2. The summed E-state index contributed by atoms with van der Waals surface area (Å²) < 4.78 is 51.6. The number of hydrogen-bond donors (Lipinski definition) is 0. The summed E-state index contributed by atoms with van der Waals surface area (Å²) in [5.41, 5.74) is 0.318. The van der Waals surface area contributed by atoms with Crippen LogP contribution in [0.15, 0.2) is 18.2 Å². The Morgan fingerprint density at radius 1 is 1.30 bits per heavy atom. The molecule has 3 aliphatic rings. The van der Waals surface area contributed by atoms with E-state index >= 15 is 0 Å². The summed E-state index contributed by atoms with van der Waals surface area (Å²) in [5, 5.41) is 0. The molecule has 8 heteroatoms. The summed E-state index contributed by atoms with van der Waals surface area (Å²) in [6.07, 6.45) is 4.54. The average Bonchev–Trinajstić information content (AvgIpc) is 2.90. The van der Waals surface area contributed by atoms with Crippen molar-refractivity contribution in [2.24, 2.45) is 0 Å².